The Morgan fingerprint density at radius 2 is 1.82 bits per heavy atom. The van der Waals surface area contributed by atoms with Crippen LogP contribution in [0.4, 0.5) is 4.39 Å². The first kappa shape index (κ1) is 14.2. The normalized spacial score (nSPS) is 11.1. The molecule has 0 fully saturated rings. The lowest BCUT2D eigenvalue weighted by Crippen LogP contribution is -1.95. The third-order valence-electron chi connectivity index (χ3n) is 2.97. The van der Waals surface area contributed by atoms with Gasteiger partial charge in [-0.1, -0.05) is 0 Å². The molecule has 0 amide bonds. The van der Waals surface area contributed by atoms with Crippen LogP contribution < -0.4 is 0 Å². The Hall–Kier alpha value is -2.80. The van der Waals surface area contributed by atoms with Crippen LogP contribution in [0.25, 0.3) is 11.4 Å². The molecule has 110 valence electrons. The SMILES string of the molecule is Oc1ccc(/C=N/n2c(-c3ccc(F)cc3)n[nH]c2=S)cc1. The summed E-state index contributed by atoms with van der Waals surface area (Å²) < 4.78 is 14.8. The van der Waals surface area contributed by atoms with Crippen LogP contribution in [0.15, 0.2) is 53.6 Å². The van der Waals surface area contributed by atoms with Crippen molar-refractivity contribution in [2.45, 2.75) is 0 Å². The number of rotatable bonds is 3. The molecule has 0 bridgehead atoms. The highest BCUT2D eigenvalue weighted by Crippen LogP contribution is 2.17. The minimum atomic E-state index is -0.322. The topological polar surface area (TPSA) is 66.2 Å². The number of halogens is 1. The number of nitrogens with zero attached hydrogens (tertiary/aromatic N) is 3. The van der Waals surface area contributed by atoms with Crippen molar-refractivity contribution in [2.24, 2.45) is 5.10 Å². The molecule has 3 aromatic rings. The number of benzene rings is 2. The number of H-pyrrole nitrogens is 1. The first-order chi connectivity index (χ1) is 10.6. The van der Waals surface area contributed by atoms with Gasteiger partial charge in [0.2, 0.25) is 4.77 Å². The molecule has 0 aliphatic rings. The highest BCUT2D eigenvalue weighted by atomic mass is 32.1. The van der Waals surface area contributed by atoms with E-state index in [1.54, 1.807) is 42.6 Å². The van der Waals surface area contributed by atoms with Gasteiger partial charge in [-0.25, -0.2) is 9.49 Å². The second-order valence-corrected chi connectivity index (χ2v) is 4.89. The summed E-state index contributed by atoms with van der Waals surface area (Å²) in [6, 6.07) is 12.5. The van der Waals surface area contributed by atoms with Crippen molar-refractivity contribution in [1.29, 1.82) is 0 Å². The first-order valence-electron chi connectivity index (χ1n) is 6.40. The van der Waals surface area contributed by atoms with Crippen LogP contribution in [-0.2, 0) is 0 Å². The number of phenols is 1. The molecule has 2 aromatic carbocycles. The van der Waals surface area contributed by atoms with E-state index in [4.69, 9.17) is 12.2 Å². The van der Waals surface area contributed by atoms with Gasteiger partial charge in [-0.2, -0.15) is 14.9 Å². The maximum atomic E-state index is 13.0. The molecule has 0 saturated heterocycles. The molecular formula is C15H11FN4OS. The first-order valence-corrected chi connectivity index (χ1v) is 6.81. The second-order valence-electron chi connectivity index (χ2n) is 4.51. The lowest BCUT2D eigenvalue weighted by atomic mass is 10.2. The van der Waals surface area contributed by atoms with Crippen molar-refractivity contribution in [3.8, 4) is 17.1 Å². The zero-order valence-electron chi connectivity index (χ0n) is 11.3. The molecule has 0 atom stereocenters. The van der Waals surface area contributed by atoms with E-state index in [2.05, 4.69) is 15.3 Å². The molecule has 22 heavy (non-hydrogen) atoms. The summed E-state index contributed by atoms with van der Waals surface area (Å²) in [7, 11) is 0. The molecule has 1 heterocycles. The van der Waals surface area contributed by atoms with Gasteiger partial charge in [0, 0.05) is 5.56 Å². The number of aromatic nitrogens is 3. The zero-order chi connectivity index (χ0) is 15.5. The molecule has 0 radical (unpaired) electrons. The van der Waals surface area contributed by atoms with Crippen molar-refractivity contribution >= 4 is 18.4 Å². The van der Waals surface area contributed by atoms with Gasteiger partial charge in [0.25, 0.3) is 0 Å². The lowest BCUT2D eigenvalue weighted by molar-refractivity contribution is 0.475. The van der Waals surface area contributed by atoms with Crippen molar-refractivity contribution in [1.82, 2.24) is 14.9 Å². The Kier molecular flexibility index (Phi) is 3.80. The van der Waals surface area contributed by atoms with Gasteiger partial charge in [0.05, 0.1) is 6.21 Å². The zero-order valence-corrected chi connectivity index (χ0v) is 12.1. The predicted octanol–water partition coefficient (Wildman–Crippen LogP) is 3.33. The van der Waals surface area contributed by atoms with Gasteiger partial charge in [-0.15, -0.1) is 0 Å². The van der Waals surface area contributed by atoms with Crippen molar-refractivity contribution in [2.75, 3.05) is 0 Å². The fourth-order valence-corrected chi connectivity index (χ4v) is 2.05. The average Bonchev–Trinajstić information content (AvgIpc) is 2.89. The fourth-order valence-electron chi connectivity index (χ4n) is 1.87. The smallest absolute Gasteiger partial charge is 0.216 e. The third-order valence-corrected chi connectivity index (χ3v) is 3.23. The summed E-state index contributed by atoms with van der Waals surface area (Å²) in [5, 5.41) is 20.3. The molecule has 0 unspecified atom stereocenters. The largest absolute Gasteiger partial charge is 0.508 e. The van der Waals surface area contributed by atoms with E-state index in [-0.39, 0.29) is 11.6 Å². The number of hydrogen-bond donors (Lipinski definition) is 2. The highest BCUT2D eigenvalue weighted by Gasteiger charge is 2.07. The molecular weight excluding hydrogens is 303 g/mol. The Morgan fingerprint density at radius 3 is 2.50 bits per heavy atom. The third kappa shape index (κ3) is 2.94. The van der Waals surface area contributed by atoms with Crippen LogP contribution >= 0.6 is 12.2 Å². The Balaban J connectivity index is 1.97. The van der Waals surface area contributed by atoms with E-state index >= 15 is 0 Å². The Bertz CT molecular complexity index is 866. The van der Waals surface area contributed by atoms with Crippen LogP contribution in [0.5, 0.6) is 5.75 Å². The monoisotopic (exact) mass is 314 g/mol. The van der Waals surface area contributed by atoms with Crippen LogP contribution in [0, 0.1) is 10.6 Å². The second kappa shape index (κ2) is 5.90. The fraction of sp³-hybridized carbons (Fsp3) is 0. The van der Waals surface area contributed by atoms with E-state index in [0.717, 1.165) is 5.56 Å². The van der Waals surface area contributed by atoms with Crippen LogP contribution in [-0.4, -0.2) is 26.2 Å². The molecule has 7 heteroatoms. The van der Waals surface area contributed by atoms with Crippen LogP contribution in [0.3, 0.4) is 0 Å². The summed E-state index contributed by atoms with van der Waals surface area (Å²) in [4.78, 5) is 0. The van der Waals surface area contributed by atoms with Gasteiger partial charge in [0.1, 0.15) is 11.6 Å². The highest BCUT2D eigenvalue weighted by molar-refractivity contribution is 7.71. The summed E-state index contributed by atoms with van der Waals surface area (Å²) in [6.45, 7) is 0. The number of aromatic hydroxyl groups is 1. The summed E-state index contributed by atoms with van der Waals surface area (Å²) in [5.74, 6) is 0.348. The summed E-state index contributed by atoms with van der Waals surface area (Å²) >= 11 is 5.15. The maximum absolute atomic E-state index is 13.0. The van der Waals surface area contributed by atoms with E-state index in [9.17, 15) is 9.50 Å². The van der Waals surface area contributed by atoms with Crippen molar-refractivity contribution < 1.29 is 9.50 Å². The minimum Gasteiger partial charge on any atom is -0.508 e. The Morgan fingerprint density at radius 1 is 1.14 bits per heavy atom. The number of aromatic amines is 1. The predicted molar refractivity (Wildman–Crippen MR) is 83.9 cm³/mol. The van der Waals surface area contributed by atoms with E-state index in [0.29, 0.717) is 16.2 Å². The Labute approximate surface area is 130 Å². The molecule has 0 aliphatic heterocycles. The quantitative estimate of drug-likeness (QED) is 0.575. The molecule has 2 N–H and O–H groups in total. The molecule has 0 aliphatic carbocycles. The van der Waals surface area contributed by atoms with Gasteiger partial charge in [-0.05, 0) is 66.3 Å². The number of hydrogen-bond acceptors (Lipinski definition) is 4. The summed E-state index contributed by atoms with van der Waals surface area (Å²) in [5.41, 5.74) is 1.49. The van der Waals surface area contributed by atoms with Crippen molar-refractivity contribution in [3.05, 3.63) is 64.7 Å². The average molecular weight is 314 g/mol. The number of nitrogens with one attached hydrogen (secondary N) is 1. The lowest BCUT2D eigenvalue weighted by Gasteiger charge is -2.01. The maximum Gasteiger partial charge on any atom is 0.216 e. The van der Waals surface area contributed by atoms with Crippen LogP contribution in [0.1, 0.15) is 5.56 Å². The number of phenolic OH excluding ortho intramolecular Hbond substituents is 1. The van der Waals surface area contributed by atoms with Crippen LogP contribution in [0.2, 0.25) is 0 Å². The minimum absolute atomic E-state index is 0.184. The molecule has 0 saturated carbocycles. The van der Waals surface area contributed by atoms with E-state index in [1.165, 1.54) is 16.8 Å². The molecule has 3 rings (SSSR count). The molecule has 5 nitrogen and oxygen atoms in total. The van der Waals surface area contributed by atoms with Gasteiger partial charge >= 0.3 is 0 Å². The van der Waals surface area contributed by atoms with E-state index in [1.807, 2.05) is 0 Å². The van der Waals surface area contributed by atoms with Gasteiger partial charge in [-0.3, -0.25) is 0 Å². The molecule has 0 spiro atoms. The standard InChI is InChI=1S/C15H11FN4OS/c16-12-5-3-11(4-6-12)14-18-19-15(22)20(14)17-9-10-1-7-13(21)8-2-10/h1-9,21H,(H,19,22)/b17-9+. The van der Waals surface area contributed by atoms with Gasteiger partial charge in [0.15, 0.2) is 5.82 Å². The summed E-state index contributed by atoms with van der Waals surface area (Å²) in [6.07, 6.45) is 1.60. The van der Waals surface area contributed by atoms with Crippen molar-refractivity contribution in [3.63, 3.8) is 0 Å². The van der Waals surface area contributed by atoms with Gasteiger partial charge < -0.3 is 5.11 Å². The van der Waals surface area contributed by atoms with E-state index < -0.39 is 0 Å². The molecule has 1 aromatic heterocycles.